The molecule has 2 saturated heterocycles. The first kappa shape index (κ1) is 15.3. The van der Waals surface area contributed by atoms with E-state index in [1.165, 1.54) is 55.9 Å². The Balaban J connectivity index is 2.01. The minimum Gasteiger partial charge on any atom is -0.410 e. The SMILES string of the molecule is C=C1CN2CCCC[C@H]2C[C@H]1O[Si](CC)(CC)CC. The topological polar surface area (TPSA) is 12.5 Å². The summed E-state index contributed by atoms with van der Waals surface area (Å²) >= 11 is 0. The van der Waals surface area contributed by atoms with Crippen molar-refractivity contribution in [2.75, 3.05) is 13.1 Å². The van der Waals surface area contributed by atoms with E-state index < -0.39 is 8.32 Å². The fourth-order valence-corrected chi connectivity index (χ4v) is 6.61. The standard InChI is InChI=1S/C16H31NOSi/c1-5-19(6-2,7-3)18-16-12-15-10-8-9-11-17(15)13-14(16)4/h15-16H,4-13H2,1-3H3/t15-,16+/m0/s1. The van der Waals surface area contributed by atoms with Crippen molar-refractivity contribution in [3.63, 3.8) is 0 Å². The van der Waals surface area contributed by atoms with Crippen LogP contribution >= 0.6 is 0 Å². The van der Waals surface area contributed by atoms with Crippen molar-refractivity contribution >= 4 is 8.32 Å². The highest BCUT2D eigenvalue weighted by Crippen LogP contribution is 2.33. The van der Waals surface area contributed by atoms with Crippen molar-refractivity contribution in [3.05, 3.63) is 12.2 Å². The highest BCUT2D eigenvalue weighted by molar-refractivity contribution is 6.73. The van der Waals surface area contributed by atoms with Gasteiger partial charge in [0, 0.05) is 12.6 Å². The molecule has 0 aromatic rings. The first-order valence-corrected chi connectivity index (χ1v) is 10.8. The van der Waals surface area contributed by atoms with Crippen molar-refractivity contribution in [2.24, 2.45) is 0 Å². The van der Waals surface area contributed by atoms with Gasteiger partial charge in [0.2, 0.25) is 0 Å². The van der Waals surface area contributed by atoms with Gasteiger partial charge in [0.25, 0.3) is 0 Å². The van der Waals surface area contributed by atoms with E-state index in [-0.39, 0.29) is 0 Å². The van der Waals surface area contributed by atoms with E-state index in [0.29, 0.717) is 6.10 Å². The largest absolute Gasteiger partial charge is 0.410 e. The average molecular weight is 282 g/mol. The molecule has 2 aliphatic heterocycles. The Kier molecular flexibility index (Phi) is 5.27. The summed E-state index contributed by atoms with van der Waals surface area (Å²) in [6.45, 7) is 13.6. The van der Waals surface area contributed by atoms with Gasteiger partial charge in [0.15, 0.2) is 8.32 Å². The Bertz CT molecular complexity index is 306. The summed E-state index contributed by atoms with van der Waals surface area (Å²) in [5, 5.41) is 0. The number of hydrogen-bond donors (Lipinski definition) is 0. The van der Waals surface area contributed by atoms with Crippen LogP contribution in [-0.2, 0) is 4.43 Å². The third-order valence-corrected chi connectivity index (χ3v) is 10.1. The van der Waals surface area contributed by atoms with Crippen LogP contribution in [0.25, 0.3) is 0 Å². The lowest BCUT2D eigenvalue weighted by atomic mass is 9.89. The maximum atomic E-state index is 6.70. The van der Waals surface area contributed by atoms with E-state index in [9.17, 15) is 0 Å². The van der Waals surface area contributed by atoms with Crippen LogP contribution in [0.4, 0.5) is 0 Å². The van der Waals surface area contributed by atoms with Crippen LogP contribution in [0.15, 0.2) is 12.2 Å². The third-order valence-electron chi connectivity index (χ3n) is 5.42. The molecule has 2 nitrogen and oxygen atoms in total. The molecule has 0 aliphatic carbocycles. The maximum absolute atomic E-state index is 6.70. The van der Waals surface area contributed by atoms with Crippen LogP contribution in [0.1, 0.15) is 46.5 Å². The summed E-state index contributed by atoms with van der Waals surface area (Å²) in [6, 6.07) is 4.51. The minimum atomic E-state index is -1.48. The Hall–Kier alpha value is -0.123. The molecule has 110 valence electrons. The van der Waals surface area contributed by atoms with E-state index in [1.54, 1.807) is 0 Å². The summed E-state index contributed by atoms with van der Waals surface area (Å²) in [7, 11) is -1.48. The zero-order chi connectivity index (χ0) is 13.9. The molecule has 2 atom stereocenters. The summed E-state index contributed by atoms with van der Waals surface area (Å²) in [5.41, 5.74) is 1.34. The lowest BCUT2D eigenvalue weighted by Crippen LogP contribution is -2.51. The summed E-state index contributed by atoms with van der Waals surface area (Å²) in [4.78, 5) is 2.64. The number of fused-ring (bicyclic) bond motifs is 1. The first-order valence-electron chi connectivity index (χ1n) is 8.23. The van der Waals surface area contributed by atoms with Gasteiger partial charge in [0.05, 0.1) is 6.10 Å². The van der Waals surface area contributed by atoms with Crippen LogP contribution in [-0.4, -0.2) is 38.5 Å². The van der Waals surface area contributed by atoms with Crippen LogP contribution < -0.4 is 0 Å². The molecular formula is C16H31NOSi. The van der Waals surface area contributed by atoms with E-state index in [4.69, 9.17) is 4.43 Å². The maximum Gasteiger partial charge on any atom is 0.192 e. The molecule has 0 aromatic heterocycles. The van der Waals surface area contributed by atoms with Gasteiger partial charge in [-0.25, -0.2) is 0 Å². The monoisotopic (exact) mass is 281 g/mol. The molecule has 3 heteroatoms. The van der Waals surface area contributed by atoms with Gasteiger partial charge < -0.3 is 4.43 Å². The van der Waals surface area contributed by atoms with Crippen molar-refractivity contribution in [1.29, 1.82) is 0 Å². The predicted molar refractivity (Wildman–Crippen MR) is 85.0 cm³/mol. The quantitative estimate of drug-likeness (QED) is 0.553. The lowest BCUT2D eigenvalue weighted by molar-refractivity contribution is 0.0682. The highest BCUT2D eigenvalue weighted by atomic mass is 28.4. The Morgan fingerprint density at radius 3 is 2.53 bits per heavy atom. The molecule has 0 unspecified atom stereocenters. The molecule has 0 amide bonds. The normalized spacial score (nSPS) is 29.3. The molecule has 2 fully saturated rings. The lowest BCUT2D eigenvalue weighted by Gasteiger charge is -2.46. The van der Waals surface area contributed by atoms with Crippen molar-refractivity contribution in [2.45, 2.75) is 76.7 Å². The molecule has 2 aliphatic rings. The molecule has 0 spiro atoms. The summed E-state index contributed by atoms with van der Waals surface area (Å²) in [6.07, 6.45) is 5.69. The second-order valence-electron chi connectivity index (χ2n) is 6.36. The average Bonchev–Trinajstić information content (AvgIpc) is 2.45. The van der Waals surface area contributed by atoms with Gasteiger partial charge in [-0.1, -0.05) is 33.8 Å². The fraction of sp³-hybridized carbons (Fsp3) is 0.875. The van der Waals surface area contributed by atoms with Crippen molar-refractivity contribution in [3.8, 4) is 0 Å². The van der Waals surface area contributed by atoms with E-state index in [0.717, 1.165) is 12.6 Å². The molecular weight excluding hydrogens is 250 g/mol. The van der Waals surface area contributed by atoms with Gasteiger partial charge in [-0.15, -0.1) is 0 Å². The van der Waals surface area contributed by atoms with Gasteiger partial charge in [-0.2, -0.15) is 0 Å². The van der Waals surface area contributed by atoms with E-state index >= 15 is 0 Å². The van der Waals surface area contributed by atoms with Crippen molar-refractivity contribution < 1.29 is 4.43 Å². The van der Waals surface area contributed by atoms with Gasteiger partial charge in [-0.05, 0) is 49.5 Å². The Morgan fingerprint density at radius 1 is 1.21 bits per heavy atom. The Morgan fingerprint density at radius 2 is 1.89 bits per heavy atom. The first-order chi connectivity index (χ1) is 9.14. The molecule has 0 saturated carbocycles. The minimum absolute atomic E-state index is 0.353. The molecule has 0 N–H and O–H groups in total. The number of hydrogen-bond acceptors (Lipinski definition) is 2. The zero-order valence-corrected chi connectivity index (χ0v) is 14.1. The number of piperidine rings is 2. The fourth-order valence-electron chi connectivity index (χ4n) is 3.74. The summed E-state index contributed by atoms with van der Waals surface area (Å²) < 4.78 is 6.70. The molecule has 2 heterocycles. The van der Waals surface area contributed by atoms with E-state index in [1.807, 2.05) is 0 Å². The molecule has 0 bridgehead atoms. The Labute approximate surface area is 120 Å². The summed E-state index contributed by atoms with van der Waals surface area (Å²) in [5.74, 6) is 0. The van der Waals surface area contributed by atoms with Gasteiger partial charge in [0.1, 0.15) is 0 Å². The van der Waals surface area contributed by atoms with Crippen LogP contribution in [0.2, 0.25) is 18.1 Å². The number of rotatable bonds is 5. The molecule has 19 heavy (non-hydrogen) atoms. The van der Waals surface area contributed by atoms with Crippen LogP contribution in [0.5, 0.6) is 0 Å². The van der Waals surface area contributed by atoms with Gasteiger partial charge in [-0.3, -0.25) is 4.90 Å². The molecule has 2 rings (SSSR count). The number of nitrogens with zero attached hydrogens (tertiary/aromatic N) is 1. The van der Waals surface area contributed by atoms with E-state index in [2.05, 4.69) is 32.3 Å². The second-order valence-corrected chi connectivity index (χ2v) is 11.1. The molecule has 0 radical (unpaired) electrons. The second kappa shape index (κ2) is 6.55. The molecule has 0 aromatic carbocycles. The van der Waals surface area contributed by atoms with Gasteiger partial charge >= 0.3 is 0 Å². The smallest absolute Gasteiger partial charge is 0.192 e. The predicted octanol–water partition coefficient (Wildman–Crippen LogP) is 4.19. The highest BCUT2D eigenvalue weighted by Gasteiger charge is 2.38. The third kappa shape index (κ3) is 3.31. The van der Waals surface area contributed by atoms with Crippen molar-refractivity contribution in [1.82, 2.24) is 4.90 Å². The van der Waals surface area contributed by atoms with Crippen LogP contribution in [0, 0.1) is 0 Å². The zero-order valence-electron chi connectivity index (χ0n) is 13.1. The van der Waals surface area contributed by atoms with Crippen LogP contribution in [0.3, 0.4) is 0 Å².